The maximum atomic E-state index is 12.4. The first-order valence-electron chi connectivity index (χ1n) is 8.15. The highest BCUT2D eigenvalue weighted by atomic mass is 16.2. The van der Waals surface area contributed by atoms with Crippen molar-refractivity contribution in [3.63, 3.8) is 0 Å². The summed E-state index contributed by atoms with van der Waals surface area (Å²) in [6, 6.07) is -0.163. The Balaban J connectivity index is 2.57. The number of hydrogen-bond acceptors (Lipinski definition) is 4. The summed E-state index contributed by atoms with van der Waals surface area (Å²) in [4.78, 5) is 28.9. The molecule has 1 amide bonds. The third-order valence-electron chi connectivity index (χ3n) is 4.00. The second-order valence-corrected chi connectivity index (χ2v) is 6.45. The van der Waals surface area contributed by atoms with Crippen LogP contribution in [0.2, 0.25) is 0 Å². The molecule has 1 rings (SSSR count). The zero-order valence-electron chi connectivity index (χ0n) is 14.2. The number of ketones is 1. The van der Waals surface area contributed by atoms with E-state index in [9.17, 15) is 9.59 Å². The number of likely N-dealkylation sites (N-methyl/N-ethyl adjacent to an activating group) is 1. The van der Waals surface area contributed by atoms with Crippen LogP contribution in [0.25, 0.3) is 0 Å². The molecule has 0 aromatic heterocycles. The zero-order valence-corrected chi connectivity index (χ0v) is 14.2. The average Bonchev–Trinajstić information content (AvgIpc) is 2.45. The maximum Gasteiger partial charge on any atom is 0.224 e. The lowest BCUT2D eigenvalue weighted by Gasteiger charge is -2.35. The van der Waals surface area contributed by atoms with Gasteiger partial charge < -0.3 is 15.1 Å². The van der Waals surface area contributed by atoms with Crippen LogP contribution in [0.5, 0.6) is 0 Å². The van der Waals surface area contributed by atoms with Crippen molar-refractivity contribution in [3.8, 4) is 0 Å². The van der Waals surface area contributed by atoms with Crippen LogP contribution in [-0.2, 0) is 9.59 Å². The number of carbonyl (C=O) groups is 2. The van der Waals surface area contributed by atoms with Gasteiger partial charge in [-0.3, -0.25) is 9.59 Å². The van der Waals surface area contributed by atoms with Gasteiger partial charge in [-0.15, -0.1) is 0 Å². The lowest BCUT2D eigenvalue weighted by atomic mass is 9.98. The first-order chi connectivity index (χ1) is 9.85. The lowest BCUT2D eigenvalue weighted by molar-refractivity contribution is -0.136. The fourth-order valence-electron chi connectivity index (χ4n) is 2.66. The van der Waals surface area contributed by atoms with E-state index < -0.39 is 0 Å². The van der Waals surface area contributed by atoms with Gasteiger partial charge in [0.25, 0.3) is 0 Å². The Hall–Kier alpha value is -0.940. The summed E-state index contributed by atoms with van der Waals surface area (Å²) in [6.07, 6.45) is 0.279. The third-order valence-corrected chi connectivity index (χ3v) is 4.00. The molecule has 1 N–H and O–H groups in total. The minimum absolute atomic E-state index is 0.0500. The van der Waals surface area contributed by atoms with Crippen molar-refractivity contribution in [1.29, 1.82) is 0 Å². The van der Waals surface area contributed by atoms with Gasteiger partial charge in [0.2, 0.25) is 5.91 Å². The van der Waals surface area contributed by atoms with Gasteiger partial charge in [0, 0.05) is 44.6 Å². The monoisotopic (exact) mass is 297 g/mol. The highest BCUT2D eigenvalue weighted by Gasteiger charge is 2.28. The lowest BCUT2D eigenvalue weighted by Crippen LogP contribution is -2.51. The fraction of sp³-hybridized carbons (Fsp3) is 0.875. The van der Waals surface area contributed by atoms with E-state index in [4.69, 9.17) is 0 Å². The first kappa shape index (κ1) is 18.1. The Morgan fingerprint density at radius 1 is 1.05 bits per heavy atom. The molecule has 5 nitrogen and oxygen atoms in total. The molecule has 21 heavy (non-hydrogen) atoms. The molecule has 122 valence electrons. The summed E-state index contributed by atoms with van der Waals surface area (Å²) in [5, 5.41) is 3.24. The number of piperazine rings is 1. The zero-order chi connectivity index (χ0) is 16.0. The Kier molecular flexibility index (Phi) is 7.32. The van der Waals surface area contributed by atoms with Gasteiger partial charge in [-0.05, 0) is 6.54 Å². The van der Waals surface area contributed by atoms with E-state index in [0.717, 1.165) is 32.7 Å². The average molecular weight is 297 g/mol. The van der Waals surface area contributed by atoms with Crippen molar-refractivity contribution in [2.45, 2.75) is 53.1 Å². The molecule has 0 radical (unpaired) electrons. The molecule has 1 aliphatic rings. The van der Waals surface area contributed by atoms with Gasteiger partial charge in [0.1, 0.15) is 0 Å². The van der Waals surface area contributed by atoms with E-state index in [-0.39, 0.29) is 36.1 Å². The topological polar surface area (TPSA) is 52.6 Å². The quantitative estimate of drug-likeness (QED) is 0.765. The molecule has 1 atom stereocenters. The molecule has 1 heterocycles. The van der Waals surface area contributed by atoms with Crippen LogP contribution < -0.4 is 5.32 Å². The molecule has 1 fully saturated rings. The normalized spacial score (nSPS) is 18.3. The van der Waals surface area contributed by atoms with Gasteiger partial charge >= 0.3 is 0 Å². The predicted octanol–water partition coefficient (Wildman–Crippen LogP) is 1.13. The second-order valence-electron chi connectivity index (χ2n) is 6.45. The Morgan fingerprint density at radius 2 is 1.62 bits per heavy atom. The molecule has 0 saturated carbocycles. The third kappa shape index (κ3) is 5.75. The smallest absolute Gasteiger partial charge is 0.224 e. The molecule has 0 aliphatic carbocycles. The predicted molar refractivity (Wildman–Crippen MR) is 85.2 cm³/mol. The van der Waals surface area contributed by atoms with Crippen LogP contribution in [0, 0.1) is 5.92 Å². The van der Waals surface area contributed by atoms with Crippen molar-refractivity contribution < 1.29 is 9.59 Å². The molecule has 5 heteroatoms. The van der Waals surface area contributed by atoms with Crippen LogP contribution in [-0.4, -0.2) is 66.3 Å². The number of amides is 1. The van der Waals surface area contributed by atoms with Crippen molar-refractivity contribution in [1.82, 2.24) is 15.1 Å². The minimum atomic E-state index is -0.360. The summed E-state index contributed by atoms with van der Waals surface area (Å²) < 4.78 is 0. The number of rotatable bonds is 7. The fourth-order valence-corrected chi connectivity index (χ4v) is 2.66. The molecule has 0 bridgehead atoms. The molecule has 1 aliphatic heterocycles. The Bertz CT molecular complexity index is 347. The number of nitrogens with zero attached hydrogens (tertiary/aromatic N) is 2. The first-order valence-corrected chi connectivity index (χ1v) is 8.15. The molecular weight excluding hydrogens is 266 g/mol. The standard InChI is InChI=1S/C16H31N3O2/c1-6-18-7-9-19(10-8-18)15(20)11-14(17-13(4)5)16(21)12(2)3/h12-14,17H,6-11H2,1-5H3/t14-/m0/s1. The highest BCUT2D eigenvalue weighted by molar-refractivity contribution is 5.90. The maximum absolute atomic E-state index is 12.4. The van der Waals surface area contributed by atoms with Crippen LogP contribution in [0.4, 0.5) is 0 Å². The van der Waals surface area contributed by atoms with Crippen molar-refractivity contribution in [3.05, 3.63) is 0 Å². The number of nitrogens with one attached hydrogen (secondary N) is 1. The number of Topliss-reactive ketones (excluding diaryl/α,β-unsaturated/α-hetero) is 1. The van der Waals surface area contributed by atoms with E-state index in [1.54, 1.807) is 0 Å². The molecule has 0 spiro atoms. The largest absolute Gasteiger partial charge is 0.340 e. The van der Waals surface area contributed by atoms with Crippen LogP contribution in [0.3, 0.4) is 0 Å². The van der Waals surface area contributed by atoms with Crippen LogP contribution in [0.15, 0.2) is 0 Å². The minimum Gasteiger partial charge on any atom is -0.340 e. The SMILES string of the molecule is CCN1CCN(C(=O)C[C@H](NC(C)C)C(=O)C(C)C)CC1. The highest BCUT2D eigenvalue weighted by Crippen LogP contribution is 2.09. The molecule has 0 aromatic carbocycles. The van der Waals surface area contributed by atoms with Gasteiger partial charge in [0.15, 0.2) is 5.78 Å². The summed E-state index contributed by atoms with van der Waals surface area (Å²) in [7, 11) is 0. The van der Waals surface area contributed by atoms with Crippen molar-refractivity contribution in [2.75, 3.05) is 32.7 Å². The summed E-state index contributed by atoms with van der Waals surface area (Å²) >= 11 is 0. The van der Waals surface area contributed by atoms with E-state index in [1.807, 2.05) is 32.6 Å². The van der Waals surface area contributed by atoms with Gasteiger partial charge in [0.05, 0.1) is 6.04 Å². The molecular formula is C16H31N3O2. The van der Waals surface area contributed by atoms with E-state index in [2.05, 4.69) is 17.1 Å². The van der Waals surface area contributed by atoms with Crippen LogP contribution in [0.1, 0.15) is 41.0 Å². The molecule has 0 unspecified atom stereocenters. The summed E-state index contributed by atoms with van der Waals surface area (Å²) in [6.45, 7) is 14.4. The Morgan fingerprint density at radius 3 is 2.05 bits per heavy atom. The molecule has 1 saturated heterocycles. The second kappa shape index (κ2) is 8.49. The Labute approximate surface area is 129 Å². The van der Waals surface area contributed by atoms with Gasteiger partial charge in [-0.1, -0.05) is 34.6 Å². The summed E-state index contributed by atoms with van der Waals surface area (Å²) in [5.41, 5.74) is 0. The molecule has 0 aromatic rings. The van der Waals surface area contributed by atoms with E-state index >= 15 is 0 Å². The van der Waals surface area contributed by atoms with Crippen molar-refractivity contribution >= 4 is 11.7 Å². The van der Waals surface area contributed by atoms with Gasteiger partial charge in [-0.25, -0.2) is 0 Å². The van der Waals surface area contributed by atoms with E-state index in [1.165, 1.54) is 0 Å². The van der Waals surface area contributed by atoms with Crippen molar-refractivity contribution in [2.24, 2.45) is 5.92 Å². The number of hydrogen-bond donors (Lipinski definition) is 1. The van der Waals surface area contributed by atoms with E-state index in [0.29, 0.717) is 0 Å². The number of carbonyl (C=O) groups excluding carboxylic acids is 2. The van der Waals surface area contributed by atoms with Gasteiger partial charge in [-0.2, -0.15) is 0 Å². The summed E-state index contributed by atoms with van der Waals surface area (Å²) in [5.74, 6) is 0.174. The van der Waals surface area contributed by atoms with Crippen LogP contribution >= 0.6 is 0 Å².